The van der Waals surface area contributed by atoms with Crippen LogP contribution in [0.3, 0.4) is 0 Å². The van der Waals surface area contributed by atoms with E-state index in [0.717, 1.165) is 19.4 Å². The third kappa shape index (κ3) is 4.43. The summed E-state index contributed by atoms with van der Waals surface area (Å²) in [4.78, 5) is 0. The molecule has 2 atom stereocenters. The molecule has 0 saturated carbocycles. The molecular weight excluding hydrogens is 112 g/mol. The van der Waals surface area contributed by atoms with Gasteiger partial charge in [-0.15, -0.1) is 0 Å². The molecule has 2 unspecified atom stereocenters. The molecule has 0 amide bonds. The lowest BCUT2D eigenvalue weighted by Gasteiger charge is -2.13. The van der Waals surface area contributed by atoms with Gasteiger partial charge in [0.25, 0.3) is 0 Å². The van der Waals surface area contributed by atoms with E-state index >= 15 is 0 Å². The fourth-order valence-electron chi connectivity index (χ4n) is 0.654. The Morgan fingerprint density at radius 1 is 1.56 bits per heavy atom. The molecule has 0 aliphatic rings. The normalized spacial score (nSPS) is 17.3. The number of hydrogen-bond acceptors (Lipinski definition) is 2. The van der Waals surface area contributed by atoms with Crippen molar-refractivity contribution in [2.24, 2.45) is 17.4 Å². The minimum Gasteiger partial charge on any atom is -0.330 e. The van der Waals surface area contributed by atoms with Gasteiger partial charge < -0.3 is 11.5 Å². The van der Waals surface area contributed by atoms with Crippen LogP contribution in [-0.2, 0) is 0 Å². The van der Waals surface area contributed by atoms with Crippen LogP contribution in [0.5, 0.6) is 0 Å². The van der Waals surface area contributed by atoms with Gasteiger partial charge in [-0.1, -0.05) is 6.92 Å². The van der Waals surface area contributed by atoms with Gasteiger partial charge in [0.15, 0.2) is 0 Å². The first-order chi connectivity index (χ1) is 4.18. The van der Waals surface area contributed by atoms with E-state index < -0.39 is 0 Å². The molecule has 0 aromatic heterocycles. The molecule has 4 N–H and O–H groups in total. The smallest absolute Gasteiger partial charge is 0.00651 e. The van der Waals surface area contributed by atoms with Gasteiger partial charge >= 0.3 is 0 Å². The van der Waals surface area contributed by atoms with E-state index in [2.05, 4.69) is 13.8 Å². The Kier molecular flexibility index (Phi) is 4.72. The highest BCUT2D eigenvalue weighted by Gasteiger charge is 2.05. The van der Waals surface area contributed by atoms with Gasteiger partial charge in [-0.25, -0.2) is 0 Å². The Morgan fingerprint density at radius 3 is 2.44 bits per heavy atom. The summed E-state index contributed by atoms with van der Waals surface area (Å²) in [6.07, 6.45) is 2.16. The lowest BCUT2D eigenvalue weighted by Crippen LogP contribution is -2.24. The Labute approximate surface area is 57.6 Å². The Balaban J connectivity index is 3.16. The summed E-state index contributed by atoms with van der Waals surface area (Å²) in [5.74, 6) is 0.508. The second-order valence-corrected chi connectivity index (χ2v) is 2.57. The molecular formula is C7H17N2. The predicted molar refractivity (Wildman–Crippen MR) is 40.8 cm³/mol. The molecule has 0 fully saturated rings. The third-order valence-corrected chi connectivity index (χ3v) is 1.59. The summed E-state index contributed by atoms with van der Waals surface area (Å²) in [5.41, 5.74) is 10.8. The van der Waals surface area contributed by atoms with Crippen LogP contribution in [0.25, 0.3) is 0 Å². The molecule has 55 valence electrons. The fourth-order valence-corrected chi connectivity index (χ4v) is 0.654. The SMILES string of the molecule is [CH2]C(N)C(C)CCCN. The quantitative estimate of drug-likeness (QED) is 0.581. The minimum atomic E-state index is 0.0662. The van der Waals surface area contributed by atoms with Crippen molar-refractivity contribution >= 4 is 0 Å². The average molecular weight is 129 g/mol. The van der Waals surface area contributed by atoms with Gasteiger partial charge in [-0.3, -0.25) is 0 Å². The number of hydrogen-bond donors (Lipinski definition) is 2. The molecule has 0 saturated heterocycles. The molecule has 0 rings (SSSR count). The van der Waals surface area contributed by atoms with Crippen molar-refractivity contribution < 1.29 is 0 Å². The molecule has 0 heterocycles. The van der Waals surface area contributed by atoms with Crippen LogP contribution in [0.4, 0.5) is 0 Å². The first-order valence-corrected chi connectivity index (χ1v) is 3.47. The van der Waals surface area contributed by atoms with Gasteiger partial charge in [-0.2, -0.15) is 0 Å². The van der Waals surface area contributed by atoms with E-state index in [0.29, 0.717) is 5.92 Å². The van der Waals surface area contributed by atoms with Crippen molar-refractivity contribution in [2.75, 3.05) is 6.54 Å². The fraction of sp³-hybridized carbons (Fsp3) is 0.857. The lowest BCUT2D eigenvalue weighted by molar-refractivity contribution is 0.465. The predicted octanol–water partition coefficient (Wildman–Crippen LogP) is 0.523. The van der Waals surface area contributed by atoms with E-state index in [9.17, 15) is 0 Å². The van der Waals surface area contributed by atoms with Crippen molar-refractivity contribution in [1.29, 1.82) is 0 Å². The summed E-state index contributed by atoms with van der Waals surface area (Å²) >= 11 is 0. The lowest BCUT2D eigenvalue weighted by atomic mass is 9.99. The van der Waals surface area contributed by atoms with Crippen molar-refractivity contribution in [3.8, 4) is 0 Å². The monoisotopic (exact) mass is 129 g/mol. The van der Waals surface area contributed by atoms with Gasteiger partial charge in [0.1, 0.15) is 0 Å². The van der Waals surface area contributed by atoms with E-state index in [-0.39, 0.29) is 6.04 Å². The highest BCUT2D eigenvalue weighted by atomic mass is 14.6. The topological polar surface area (TPSA) is 52.0 Å². The molecule has 0 spiro atoms. The summed E-state index contributed by atoms with van der Waals surface area (Å²) < 4.78 is 0. The van der Waals surface area contributed by atoms with Gasteiger partial charge in [-0.05, 0) is 32.2 Å². The van der Waals surface area contributed by atoms with Crippen LogP contribution >= 0.6 is 0 Å². The van der Waals surface area contributed by atoms with E-state index in [1.807, 2.05) is 0 Å². The first-order valence-electron chi connectivity index (χ1n) is 3.47. The largest absolute Gasteiger partial charge is 0.330 e. The molecule has 9 heavy (non-hydrogen) atoms. The molecule has 0 aromatic rings. The van der Waals surface area contributed by atoms with Crippen LogP contribution < -0.4 is 11.5 Å². The maximum atomic E-state index is 5.52. The summed E-state index contributed by atoms with van der Waals surface area (Å²) in [6.45, 7) is 6.59. The number of nitrogens with two attached hydrogens (primary N) is 2. The van der Waals surface area contributed by atoms with Crippen LogP contribution in [-0.4, -0.2) is 12.6 Å². The van der Waals surface area contributed by atoms with Gasteiger partial charge in [0, 0.05) is 6.04 Å². The molecule has 0 aliphatic carbocycles. The molecule has 2 nitrogen and oxygen atoms in total. The summed E-state index contributed by atoms with van der Waals surface area (Å²) in [7, 11) is 0. The van der Waals surface area contributed by atoms with Crippen LogP contribution in [0.1, 0.15) is 19.8 Å². The number of rotatable bonds is 4. The van der Waals surface area contributed by atoms with Gasteiger partial charge in [0.05, 0.1) is 0 Å². The van der Waals surface area contributed by atoms with E-state index in [4.69, 9.17) is 11.5 Å². The summed E-state index contributed by atoms with van der Waals surface area (Å²) in [5, 5.41) is 0. The highest BCUT2D eigenvalue weighted by Crippen LogP contribution is 2.06. The molecule has 0 aliphatic heterocycles. The van der Waals surface area contributed by atoms with E-state index in [1.165, 1.54) is 0 Å². The van der Waals surface area contributed by atoms with Crippen LogP contribution in [0.2, 0.25) is 0 Å². The maximum absolute atomic E-state index is 5.52. The molecule has 0 aromatic carbocycles. The molecule has 0 bridgehead atoms. The van der Waals surface area contributed by atoms with Crippen LogP contribution in [0, 0.1) is 12.8 Å². The Bertz CT molecular complexity index is 61.9. The van der Waals surface area contributed by atoms with Crippen molar-refractivity contribution in [2.45, 2.75) is 25.8 Å². The Morgan fingerprint density at radius 2 is 2.11 bits per heavy atom. The zero-order valence-electron chi connectivity index (χ0n) is 6.14. The molecule has 1 radical (unpaired) electrons. The van der Waals surface area contributed by atoms with Crippen molar-refractivity contribution in [1.82, 2.24) is 0 Å². The Hall–Kier alpha value is -0.0800. The van der Waals surface area contributed by atoms with Gasteiger partial charge in [0.2, 0.25) is 0 Å². The van der Waals surface area contributed by atoms with Crippen molar-refractivity contribution in [3.05, 3.63) is 6.92 Å². The summed E-state index contributed by atoms with van der Waals surface area (Å²) in [6, 6.07) is 0.0662. The average Bonchev–Trinajstić information content (AvgIpc) is 1.82. The minimum absolute atomic E-state index is 0.0662. The third-order valence-electron chi connectivity index (χ3n) is 1.59. The van der Waals surface area contributed by atoms with E-state index in [1.54, 1.807) is 0 Å². The first kappa shape index (κ1) is 8.92. The zero-order chi connectivity index (χ0) is 7.28. The second kappa shape index (κ2) is 4.77. The second-order valence-electron chi connectivity index (χ2n) is 2.57. The maximum Gasteiger partial charge on any atom is 0.00651 e. The standard InChI is InChI=1S/C7H17N2/c1-6(7(2)9)4-3-5-8/h6-7H,2-5,8-9H2,1H3. The van der Waals surface area contributed by atoms with Crippen LogP contribution in [0.15, 0.2) is 0 Å². The molecule has 2 heteroatoms. The zero-order valence-corrected chi connectivity index (χ0v) is 6.14. The van der Waals surface area contributed by atoms with Crippen molar-refractivity contribution in [3.63, 3.8) is 0 Å². The highest BCUT2D eigenvalue weighted by molar-refractivity contribution is 4.70.